The van der Waals surface area contributed by atoms with Crippen LogP contribution in [0.1, 0.15) is 38.5 Å². The zero-order valence-electron chi connectivity index (χ0n) is 11.3. The number of carboxylic acids is 1. The molecule has 1 amide bonds. The maximum Gasteiger partial charge on any atom is 0.306 e. The normalized spacial score (nSPS) is 26.9. The Hall–Kier alpha value is -1.10. The largest absolute Gasteiger partial charge is 0.481 e. The number of nitrogens with one attached hydrogen (secondary N) is 1. The molecule has 2 aliphatic rings. The Morgan fingerprint density at radius 3 is 2.26 bits per heavy atom. The highest BCUT2D eigenvalue weighted by Gasteiger charge is 2.29. The smallest absolute Gasteiger partial charge is 0.306 e. The van der Waals surface area contributed by atoms with Gasteiger partial charge in [-0.2, -0.15) is 0 Å². The summed E-state index contributed by atoms with van der Waals surface area (Å²) in [6, 6.07) is 0. The third-order valence-electron chi connectivity index (χ3n) is 4.04. The fourth-order valence-electron chi connectivity index (χ4n) is 2.53. The van der Waals surface area contributed by atoms with E-state index in [-0.39, 0.29) is 17.7 Å². The molecule has 0 spiro atoms. The van der Waals surface area contributed by atoms with Gasteiger partial charge in [-0.15, -0.1) is 0 Å². The van der Waals surface area contributed by atoms with Crippen molar-refractivity contribution in [2.24, 2.45) is 17.8 Å². The van der Waals surface area contributed by atoms with Gasteiger partial charge < -0.3 is 15.2 Å². The van der Waals surface area contributed by atoms with E-state index in [1.165, 1.54) is 12.8 Å². The Morgan fingerprint density at radius 2 is 1.68 bits per heavy atom. The van der Waals surface area contributed by atoms with Gasteiger partial charge in [0.15, 0.2) is 0 Å². The van der Waals surface area contributed by atoms with Gasteiger partial charge >= 0.3 is 5.97 Å². The lowest BCUT2D eigenvalue weighted by Gasteiger charge is -2.25. The Morgan fingerprint density at radius 1 is 1.05 bits per heavy atom. The number of carbonyl (C=O) groups excluding carboxylic acids is 1. The van der Waals surface area contributed by atoms with Crippen LogP contribution in [0.3, 0.4) is 0 Å². The number of aliphatic carboxylic acids is 1. The zero-order valence-corrected chi connectivity index (χ0v) is 11.3. The van der Waals surface area contributed by atoms with Crippen LogP contribution in [0.15, 0.2) is 0 Å². The molecule has 0 atom stereocenters. The predicted molar refractivity (Wildman–Crippen MR) is 69.6 cm³/mol. The molecule has 0 aromatic heterocycles. The SMILES string of the molecule is O=C(O)C1CCC(C(=O)NCCOCC2CC2)CC1. The van der Waals surface area contributed by atoms with Crippen LogP contribution in [0.4, 0.5) is 0 Å². The lowest BCUT2D eigenvalue weighted by molar-refractivity contribution is -0.144. The van der Waals surface area contributed by atoms with Crippen LogP contribution in [0.25, 0.3) is 0 Å². The van der Waals surface area contributed by atoms with Crippen molar-refractivity contribution in [2.75, 3.05) is 19.8 Å². The average molecular weight is 269 g/mol. The summed E-state index contributed by atoms with van der Waals surface area (Å²) in [4.78, 5) is 22.7. The predicted octanol–water partition coefficient (Wildman–Crippen LogP) is 1.42. The number of carboxylic acid groups (broad SMARTS) is 1. The van der Waals surface area contributed by atoms with E-state index < -0.39 is 5.97 Å². The van der Waals surface area contributed by atoms with Gasteiger partial charge in [-0.1, -0.05) is 0 Å². The molecule has 0 aromatic carbocycles. The molecule has 2 saturated carbocycles. The Labute approximate surface area is 113 Å². The highest BCUT2D eigenvalue weighted by Crippen LogP contribution is 2.29. The maximum atomic E-state index is 11.9. The minimum Gasteiger partial charge on any atom is -0.481 e. The van der Waals surface area contributed by atoms with Gasteiger partial charge in [-0.3, -0.25) is 9.59 Å². The fourth-order valence-corrected chi connectivity index (χ4v) is 2.53. The van der Waals surface area contributed by atoms with Crippen LogP contribution < -0.4 is 5.32 Å². The number of ether oxygens (including phenoxy) is 1. The second-order valence-corrected chi connectivity index (χ2v) is 5.70. The first-order valence-corrected chi connectivity index (χ1v) is 7.25. The van der Waals surface area contributed by atoms with E-state index in [1.54, 1.807) is 0 Å². The van der Waals surface area contributed by atoms with Crippen molar-refractivity contribution < 1.29 is 19.4 Å². The monoisotopic (exact) mass is 269 g/mol. The summed E-state index contributed by atoms with van der Waals surface area (Å²) >= 11 is 0. The van der Waals surface area contributed by atoms with Crippen LogP contribution >= 0.6 is 0 Å². The number of amides is 1. The van der Waals surface area contributed by atoms with Crippen molar-refractivity contribution in [3.63, 3.8) is 0 Å². The number of carbonyl (C=O) groups is 2. The van der Waals surface area contributed by atoms with Gasteiger partial charge in [0.1, 0.15) is 0 Å². The van der Waals surface area contributed by atoms with E-state index in [2.05, 4.69) is 5.32 Å². The van der Waals surface area contributed by atoms with Crippen LogP contribution in [0, 0.1) is 17.8 Å². The summed E-state index contributed by atoms with van der Waals surface area (Å²) in [5.74, 6) is -0.196. The first-order chi connectivity index (χ1) is 9.16. The van der Waals surface area contributed by atoms with Gasteiger partial charge in [-0.05, 0) is 44.4 Å². The maximum absolute atomic E-state index is 11.9. The highest BCUT2D eigenvalue weighted by atomic mass is 16.5. The molecule has 0 saturated heterocycles. The van der Waals surface area contributed by atoms with Gasteiger partial charge in [0.05, 0.1) is 12.5 Å². The highest BCUT2D eigenvalue weighted by molar-refractivity contribution is 5.79. The topological polar surface area (TPSA) is 75.6 Å². The minimum absolute atomic E-state index is 0.0148. The van der Waals surface area contributed by atoms with Crippen LogP contribution in [0.5, 0.6) is 0 Å². The van der Waals surface area contributed by atoms with Crippen LogP contribution in [-0.4, -0.2) is 36.7 Å². The zero-order chi connectivity index (χ0) is 13.7. The Kier molecular flexibility index (Phi) is 5.19. The molecule has 2 aliphatic carbocycles. The van der Waals surface area contributed by atoms with Crippen molar-refractivity contribution in [1.29, 1.82) is 0 Å². The number of rotatable bonds is 7. The van der Waals surface area contributed by atoms with E-state index in [4.69, 9.17) is 9.84 Å². The molecule has 108 valence electrons. The third kappa shape index (κ3) is 4.82. The van der Waals surface area contributed by atoms with Crippen molar-refractivity contribution in [3.05, 3.63) is 0 Å². The molecule has 0 aliphatic heterocycles. The first kappa shape index (κ1) is 14.3. The fraction of sp³-hybridized carbons (Fsp3) is 0.857. The molecule has 0 aromatic rings. The molecule has 19 heavy (non-hydrogen) atoms. The summed E-state index contributed by atoms with van der Waals surface area (Å²) < 4.78 is 5.45. The average Bonchev–Trinajstić information content (AvgIpc) is 3.22. The molecular formula is C14H23NO4. The second-order valence-electron chi connectivity index (χ2n) is 5.70. The molecular weight excluding hydrogens is 246 g/mol. The molecule has 2 rings (SSSR count). The Bertz CT molecular complexity index is 319. The summed E-state index contributed by atoms with van der Waals surface area (Å²) in [5.41, 5.74) is 0. The van der Waals surface area contributed by atoms with Crippen molar-refractivity contribution in [3.8, 4) is 0 Å². The van der Waals surface area contributed by atoms with Crippen molar-refractivity contribution in [2.45, 2.75) is 38.5 Å². The minimum atomic E-state index is -0.729. The summed E-state index contributed by atoms with van der Waals surface area (Å²) in [7, 11) is 0. The molecule has 2 fully saturated rings. The van der Waals surface area contributed by atoms with Crippen LogP contribution in [0.2, 0.25) is 0 Å². The molecule has 0 heterocycles. The molecule has 0 bridgehead atoms. The Balaban J connectivity index is 1.54. The van der Waals surface area contributed by atoms with E-state index >= 15 is 0 Å². The van der Waals surface area contributed by atoms with Gasteiger partial charge in [-0.25, -0.2) is 0 Å². The first-order valence-electron chi connectivity index (χ1n) is 7.25. The lowest BCUT2D eigenvalue weighted by atomic mass is 9.81. The van der Waals surface area contributed by atoms with Gasteiger partial charge in [0, 0.05) is 19.1 Å². The quantitative estimate of drug-likeness (QED) is 0.685. The summed E-state index contributed by atoms with van der Waals surface area (Å²) in [5, 5.41) is 11.8. The van der Waals surface area contributed by atoms with Gasteiger partial charge in [0.2, 0.25) is 5.91 Å². The van der Waals surface area contributed by atoms with E-state index in [0.29, 0.717) is 38.8 Å². The van der Waals surface area contributed by atoms with Crippen molar-refractivity contribution >= 4 is 11.9 Å². The molecule has 5 nitrogen and oxygen atoms in total. The number of hydrogen-bond donors (Lipinski definition) is 2. The molecule has 0 unspecified atom stereocenters. The summed E-state index contributed by atoms with van der Waals surface area (Å²) in [6.45, 7) is 1.96. The van der Waals surface area contributed by atoms with E-state index in [1.807, 2.05) is 0 Å². The molecule has 5 heteroatoms. The molecule has 2 N–H and O–H groups in total. The lowest BCUT2D eigenvalue weighted by Crippen LogP contribution is -2.36. The van der Waals surface area contributed by atoms with Crippen LogP contribution in [-0.2, 0) is 14.3 Å². The van der Waals surface area contributed by atoms with E-state index in [0.717, 1.165) is 12.5 Å². The second kappa shape index (κ2) is 6.89. The number of hydrogen-bond acceptors (Lipinski definition) is 3. The summed E-state index contributed by atoms with van der Waals surface area (Å²) in [6.07, 6.45) is 5.16. The molecule has 0 radical (unpaired) electrons. The third-order valence-corrected chi connectivity index (χ3v) is 4.04. The van der Waals surface area contributed by atoms with Gasteiger partial charge in [0.25, 0.3) is 0 Å². The standard InChI is InChI=1S/C14H23NO4/c16-13(15-7-8-19-9-10-1-2-10)11-3-5-12(6-4-11)14(17)18/h10-12H,1-9H2,(H,15,16)(H,17,18). The van der Waals surface area contributed by atoms with E-state index in [9.17, 15) is 9.59 Å². The van der Waals surface area contributed by atoms with Crippen molar-refractivity contribution in [1.82, 2.24) is 5.32 Å².